The molecule has 0 aliphatic rings. The molecule has 3 nitrogen and oxygen atoms in total. The first-order valence-electron chi connectivity index (χ1n) is 6.84. The highest BCUT2D eigenvalue weighted by Crippen LogP contribution is 2.27. The van der Waals surface area contributed by atoms with Gasteiger partial charge in [0.2, 0.25) is 0 Å². The van der Waals surface area contributed by atoms with Gasteiger partial charge in [0.05, 0.1) is 11.2 Å². The van der Waals surface area contributed by atoms with E-state index < -0.39 is 0 Å². The standard InChI is InChI=1S/C15H23N3/c1-4-11(5-2)10-13(16)15-12-8-6-7-9-14(12)18(3)17-15/h6-9,11,13H,4-5,10,16H2,1-3H3. The van der Waals surface area contributed by atoms with Crippen LogP contribution in [0.3, 0.4) is 0 Å². The lowest BCUT2D eigenvalue weighted by atomic mass is 9.93. The molecule has 0 aliphatic heterocycles. The molecule has 1 aromatic heterocycles. The molecule has 0 amide bonds. The van der Waals surface area contributed by atoms with Gasteiger partial charge in [-0.15, -0.1) is 0 Å². The van der Waals surface area contributed by atoms with Crippen molar-refractivity contribution in [3.8, 4) is 0 Å². The highest BCUT2D eigenvalue weighted by molar-refractivity contribution is 5.82. The van der Waals surface area contributed by atoms with Crippen molar-refractivity contribution in [2.24, 2.45) is 18.7 Å². The van der Waals surface area contributed by atoms with E-state index in [1.54, 1.807) is 0 Å². The van der Waals surface area contributed by atoms with Crippen LogP contribution >= 0.6 is 0 Å². The van der Waals surface area contributed by atoms with E-state index in [0.717, 1.165) is 17.6 Å². The molecule has 0 saturated heterocycles. The fourth-order valence-electron chi connectivity index (χ4n) is 2.61. The first-order valence-corrected chi connectivity index (χ1v) is 6.84. The van der Waals surface area contributed by atoms with E-state index in [1.165, 1.54) is 18.2 Å². The topological polar surface area (TPSA) is 43.8 Å². The van der Waals surface area contributed by atoms with Gasteiger partial charge in [0.15, 0.2) is 0 Å². The second kappa shape index (κ2) is 5.53. The molecule has 1 atom stereocenters. The SMILES string of the molecule is CCC(CC)CC(N)c1nn(C)c2ccccc12. The summed E-state index contributed by atoms with van der Waals surface area (Å²) in [7, 11) is 1.98. The Kier molecular flexibility index (Phi) is 4.02. The van der Waals surface area contributed by atoms with Crippen molar-refractivity contribution >= 4 is 10.9 Å². The molecule has 2 aromatic rings. The van der Waals surface area contributed by atoms with Crippen molar-refractivity contribution in [2.45, 2.75) is 39.2 Å². The quantitative estimate of drug-likeness (QED) is 0.877. The zero-order valence-corrected chi connectivity index (χ0v) is 11.6. The van der Waals surface area contributed by atoms with Crippen molar-refractivity contribution in [2.75, 3.05) is 0 Å². The largest absolute Gasteiger partial charge is 0.323 e. The molecule has 0 bridgehead atoms. The minimum Gasteiger partial charge on any atom is -0.323 e. The summed E-state index contributed by atoms with van der Waals surface area (Å²) in [5.41, 5.74) is 8.55. The zero-order valence-electron chi connectivity index (χ0n) is 11.6. The number of nitrogens with zero attached hydrogens (tertiary/aromatic N) is 2. The Morgan fingerprint density at radius 3 is 2.56 bits per heavy atom. The van der Waals surface area contributed by atoms with Crippen LogP contribution in [-0.4, -0.2) is 9.78 Å². The van der Waals surface area contributed by atoms with Crippen LogP contribution in [0.1, 0.15) is 44.8 Å². The Bertz CT molecular complexity index is 511. The van der Waals surface area contributed by atoms with E-state index in [-0.39, 0.29) is 6.04 Å². The number of aromatic nitrogens is 2. The van der Waals surface area contributed by atoms with E-state index >= 15 is 0 Å². The summed E-state index contributed by atoms with van der Waals surface area (Å²) < 4.78 is 1.93. The smallest absolute Gasteiger partial charge is 0.0870 e. The molecule has 18 heavy (non-hydrogen) atoms. The van der Waals surface area contributed by atoms with Crippen molar-refractivity contribution in [3.63, 3.8) is 0 Å². The number of hydrogen-bond donors (Lipinski definition) is 1. The third-order valence-corrected chi connectivity index (χ3v) is 3.88. The summed E-state index contributed by atoms with van der Waals surface area (Å²) in [5, 5.41) is 5.80. The third-order valence-electron chi connectivity index (χ3n) is 3.88. The fourth-order valence-corrected chi connectivity index (χ4v) is 2.61. The van der Waals surface area contributed by atoms with Gasteiger partial charge in [-0.05, 0) is 18.4 Å². The first-order chi connectivity index (χ1) is 8.67. The van der Waals surface area contributed by atoms with Crippen LogP contribution in [-0.2, 0) is 7.05 Å². The lowest BCUT2D eigenvalue weighted by Crippen LogP contribution is -2.16. The molecule has 0 fully saturated rings. The molecule has 0 aliphatic carbocycles. The van der Waals surface area contributed by atoms with Gasteiger partial charge in [-0.1, -0.05) is 44.9 Å². The Labute approximate surface area is 109 Å². The molecular formula is C15H23N3. The van der Waals surface area contributed by atoms with Crippen LogP contribution < -0.4 is 5.73 Å². The minimum absolute atomic E-state index is 0.0426. The first kappa shape index (κ1) is 13.1. The second-order valence-corrected chi connectivity index (χ2v) is 5.05. The number of fused-ring (bicyclic) bond motifs is 1. The molecule has 1 unspecified atom stereocenters. The van der Waals surface area contributed by atoms with Crippen LogP contribution in [0.4, 0.5) is 0 Å². The van der Waals surface area contributed by atoms with Crippen molar-refractivity contribution in [1.82, 2.24) is 9.78 Å². The van der Waals surface area contributed by atoms with Crippen LogP contribution in [0.15, 0.2) is 24.3 Å². The van der Waals surface area contributed by atoms with E-state index in [1.807, 2.05) is 17.8 Å². The molecule has 2 N–H and O–H groups in total. The van der Waals surface area contributed by atoms with Crippen molar-refractivity contribution in [1.29, 1.82) is 0 Å². The van der Waals surface area contributed by atoms with Gasteiger partial charge in [0.1, 0.15) is 0 Å². The zero-order chi connectivity index (χ0) is 13.1. The summed E-state index contributed by atoms with van der Waals surface area (Å²) in [4.78, 5) is 0. The predicted octanol–water partition coefficient (Wildman–Crippen LogP) is 3.40. The monoisotopic (exact) mass is 245 g/mol. The summed E-state index contributed by atoms with van der Waals surface area (Å²) >= 11 is 0. The number of nitrogens with two attached hydrogens (primary N) is 1. The fraction of sp³-hybridized carbons (Fsp3) is 0.533. The second-order valence-electron chi connectivity index (χ2n) is 5.05. The molecule has 2 rings (SSSR count). The van der Waals surface area contributed by atoms with E-state index in [2.05, 4.69) is 37.1 Å². The van der Waals surface area contributed by atoms with Crippen molar-refractivity contribution < 1.29 is 0 Å². The average Bonchev–Trinajstić information content (AvgIpc) is 2.74. The van der Waals surface area contributed by atoms with E-state index in [4.69, 9.17) is 5.73 Å². The number of hydrogen-bond acceptors (Lipinski definition) is 2. The normalized spacial score (nSPS) is 13.4. The molecule has 0 spiro atoms. The van der Waals surface area contributed by atoms with Gasteiger partial charge in [-0.3, -0.25) is 4.68 Å². The minimum atomic E-state index is 0.0426. The lowest BCUT2D eigenvalue weighted by molar-refractivity contribution is 0.410. The number of para-hydroxylation sites is 1. The van der Waals surface area contributed by atoms with Gasteiger partial charge in [0.25, 0.3) is 0 Å². The van der Waals surface area contributed by atoms with E-state index in [9.17, 15) is 0 Å². The Morgan fingerprint density at radius 1 is 1.22 bits per heavy atom. The number of rotatable bonds is 5. The van der Waals surface area contributed by atoms with E-state index in [0.29, 0.717) is 5.92 Å². The Morgan fingerprint density at radius 2 is 1.89 bits per heavy atom. The number of benzene rings is 1. The van der Waals surface area contributed by atoms with Crippen LogP contribution in [0, 0.1) is 5.92 Å². The summed E-state index contributed by atoms with van der Waals surface area (Å²) in [6.45, 7) is 4.47. The highest BCUT2D eigenvalue weighted by Gasteiger charge is 2.18. The van der Waals surface area contributed by atoms with Crippen LogP contribution in [0.25, 0.3) is 10.9 Å². The Hall–Kier alpha value is -1.35. The molecule has 98 valence electrons. The molecule has 1 aromatic carbocycles. The third kappa shape index (κ3) is 2.41. The van der Waals surface area contributed by atoms with Gasteiger partial charge in [-0.25, -0.2) is 0 Å². The van der Waals surface area contributed by atoms with Gasteiger partial charge in [0, 0.05) is 18.5 Å². The molecule has 1 heterocycles. The van der Waals surface area contributed by atoms with Crippen LogP contribution in [0.5, 0.6) is 0 Å². The number of aryl methyl sites for hydroxylation is 1. The summed E-state index contributed by atoms with van der Waals surface area (Å²) in [5.74, 6) is 0.695. The van der Waals surface area contributed by atoms with Crippen molar-refractivity contribution in [3.05, 3.63) is 30.0 Å². The Balaban J connectivity index is 2.30. The molecule has 0 radical (unpaired) electrons. The van der Waals surface area contributed by atoms with Gasteiger partial charge >= 0.3 is 0 Å². The molecule has 3 heteroatoms. The van der Waals surface area contributed by atoms with Gasteiger partial charge < -0.3 is 5.73 Å². The summed E-state index contributed by atoms with van der Waals surface area (Å²) in [6, 6.07) is 8.35. The molecular weight excluding hydrogens is 222 g/mol. The average molecular weight is 245 g/mol. The van der Waals surface area contributed by atoms with Crippen LogP contribution in [0.2, 0.25) is 0 Å². The summed E-state index contributed by atoms with van der Waals surface area (Å²) in [6.07, 6.45) is 3.40. The van der Waals surface area contributed by atoms with Gasteiger partial charge in [-0.2, -0.15) is 5.10 Å². The maximum Gasteiger partial charge on any atom is 0.0870 e. The maximum absolute atomic E-state index is 6.35. The molecule has 0 saturated carbocycles. The predicted molar refractivity (Wildman–Crippen MR) is 76.3 cm³/mol. The lowest BCUT2D eigenvalue weighted by Gasteiger charge is -2.16. The highest BCUT2D eigenvalue weighted by atomic mass is 15.3. The maximum atomic E-state index is 6.35.